The molecule has 0 spiro atoms. The van der Waals surface area contributed by atoms with Gasteiger partial charge in [0.15, 0.2) is 6.29 Å². The lowest BCUT2D eigenvalue weighted by atomic mass is 9.99. The van der Waals surface area contributed by atoms with Gasteiger partial charge in [0.05, 0.1) is 25.4 Å². The van der Waals surface area contributed by atoms with E-state index in [-0.39, 0.29) is 6.42 Å². The van der Waals surface area contributed by atoms with Crippen molar-refractivity contribution in [1.82, 2.24) is 5.32 Å². The van der Waals surface area contributed by atoms with Crippen LogP contribution >= 0.6 is 0 Å². The summed E-state index contributed by atoms with van der Waals surface area (Å²) in [5.74, 6) is -0.724. The zero-order valence-electron chi connectivity index (χ0n) is 36.2. The van der Waals surface area contributed by atoms with Crippen LogP contribution in [-0.2, 0) is 28.9 Å². The van der Waals surface area contributed by atoms with Gasteiger partial charge < -0.3 is 40.3 Å². The van der Waals surface area contributed by atoms with Crippen molar-refractivity contribution in [3.05, 3.63) is 48.6 Å². The van der Waals surface area contributed by atoms with Gasteiger partial charge in [-0.3, -0.25) is 9.35 Å². The van der Waals surface area contributed by atoms with E-state index < -0.39 is 78.5 Å². The highest BCUT2D eigenvalue weighted by Gasteiger charge is 2.48. The Hall–Kier alpha value is -1.98. The fourth-order valence-corrected chi connectivity index (χ4v) is 7.29. The predicted molar refractivity (Wildman–Crippen MR) is 233 cm³/mol. The highest BCUT2D eigenvalue weighted by atomic mass is 32.3. The minimum Gasteiger partial charge on any atom is -0.394 e. The lowest BCUT2D eigenvalue weighted by Crippen LogP contribution is -2.61. The summed E-state index contributed by atoms with van der Waals surface area (Å²) in [4.78, 5) is 13.1. The molecule has 8 unspecified atom stereocenters. The number of carbonyl (C=O) groups excluding carboxylic acids is 1. The Kier molecular flexibility index (Phi) is 33.2. The van der Waals surface area contributed by atoms with E-state index >= 15 is 0 Å². The van der Waals surface area contributed by atoms with Crippen LogP contribution in [0.4, 0.5) is 0 Å². The average molecular weight is 860 g/mol. The summed E-state index contributed by atoms with van der Waals surface area (Å²) in [6.07, 6.45) is 30.5. The summed E-state index contributed by atoms with van der Waals surface area (Å²) in [6, 6.07) is -1.14. The summed E-state index contributed by atoms with van der Waals surface area (Å²) < 4.78 is 47.4. The molecule has 1 heterocycles. The van der Waals surface area contributed by atoms with Crippen molar-refractivity contribution in [2.45, 2.75) is 217 Å². The Bertz CT molecular complexity index is 1260. The molecular weight excluding hydrogens is 779 g/mol. The van der Waals surface area contributed by atoms with Gasteiger partial charge in [-0.25, -0.2) is 4.18 Å². The molecule has 7 N–H and O–H groups in total. The third-order valence-corrected chi connectivity index (χ3v) is 10.9. The number of ether oxygens (including phenoxy) is 2. The van der Waals surface area contributed by atoms with Crippen molar-refractivity contribution in [1.29, 1.82) is 0 Å². The second-order valence-corrected chi connectivity index (χ2v) is 16.8. The third kappa shape index (κ3) is 28.3. The molecule has 1 saturated heterocycles. The van der Waals surface area contributed by atoms with Gasteiger partial charge in [0.25, 0.3) is 0 Å². The molecule has 8 atom stereocenters. The van der Waals surface area contributed by atoms with Gasteiger partial charge in [0.1, 0.15) is 30.5 Å². The number of amides is 1. The lowest BCUT2D eigenvalue weighted by molar-refractivity contribution is -0.298. The van der Waals surface area contributed by atoms with E-state index in [1.807, 2.05) is 0 Å². The number of allylic oxidation sites excluding steroid dienone is 7. The highest BCUT2D eigenvalue weighted by Crippen LogP contribution is 2.26. The number of aliphatic hydroxyl groups is 5. The van der Waals surface area contributed by atoms with E-state index in [0.29, 0.717) is 12.8 Å². The minimum absolute atomic E-state index is 0.225. The molecule has 0 saturated carbocycles. The number of hydrogen-bond donors (Lipinski definition) is 7. The maximum absolute atomic E-state index is 13.1. The number of aliphatic hydroxyl groups excluding tert-OH is 5. The maximum atomic E-state index is 13.1. The van der Waals surface area contributed by atoms with E-state index in [2.05, 4.69) is 59.8 Å². The smallest absolute Gasteiger partial charge is 0.394 e. The molecular formula is C45H81NO12S. The second kappa shape index (κ2) is 35.6. The van der Waals surface area contributed by atoms with Gasteiger partial charge in [-0.2, -0.15) is 8.42 Å². The van der Waals surface area contributed by atoms with E-state index in [1.165, 1.54) is 70.3 Å². The van der Waals surface area contributed by atoms with Crippen LogP contribution in [-0.4, -0.2) is 107 Å². The predicted octanol–water partition coefficient (Wildman–Crippen LogP) is 7.46. The van der Waals surface area contributed by atoms with Crippen molar-refractivity contribution in [2.24, 2.45) is 0 Å². The van der Waals surface area contributed by atoms with Crippen LogP contribution in [0.2, 0.25) is 0 Å². The van der Waals surface area contributed by atoms with Crippen molar-refractivity contribution in [3.8, 4) is 0 Å². The molecule has 0 aliphatic carbocycles. The summed E-state index contributed by atoms with van der Waals surface area (Å²) in [6.45, 7) is 3.15. The molecule has 0 aromatic carbocycles. The van der Waals surface area contributed by atoms with Gasteiger partial charge in [-0.15, -0.1) is 0 Å². The average Bonchev–Trinajstić information content (AvgIpc) is 3.20. The first kappa shape index (κ1) is 55.0. The quantitative estimate of drug-likeness (QED) is 0.0184. The van der Waals surface area contributed by atoms with Crippen LogP contribution in [0.5, 0.6) is 0 Å². The zero-order valence-corrected chi connectivity index (χ0v) is 37.0. The van der Waals surface area contributed by atoms with Gasteiger partial charge in [-0.1, -0.05) is 146 Å². The summed E-state index contributed by atoms with van der Waals surface area (Å²) in [5.41, 5.74) is 0. The van der Waals surface area contributed by atoms with Gasteiger partial charge in [0, 0.05) is 0 Å². The molecule has 1 rings (SSSR count). The first-order chi connectivity index (χ1) is 28.4. The van der Waals surface area contributed by atoms with E-state index in [9.17, 15) is 38.7 Å². The summed E-state index contributed by atoms with van der Waals surface area (Å²) in [7, 11) is -5.12. The number of carbonyl (C=O) groups is 1. The fourth-order valence-electron chi connectivity index (χ4n) is 6.78. The Balaban J connectivity index is 2.66. The topological polar surface area (TPSA) is 212 Å². The maximum Gasteiger partial charge on any atom is 0.397 e. The van der Waals surface area contributed by atoms with Crippen molar-refractivity contribution in [3.63, 3.8) is 0 Å². The van der Waals surface area contributed by atoms with Crippen LogP contribution < -0.4 is 5.32 Å². The molecule has 1 aliphatic heterocycles. The van der Waals surface area contributed by atoms with Crippen molar-refractivity contribution < 1.29 is 57.0 Å². The number of unbranched alkanes of at least 4 members (excludes halogenated alkanes) is 18. The van der Waals surface area contributed by atoms with Crippen molar-refractivity contribution >= 4 is 16.3 Å². The van der Waals surface area contributed by atoms with Crippen molar-refractivity contribution in [2.75, 3.05) is 13.2 Å². The first-order valence-corrected chi connectivity index (χ1v) is 24.0. The molecule has 13 nitrogen and oxygen atoms in total. The molecule has 14 heteroatoms. The largest absolute Gasteiger partial charge is 0.397 e. The van der Waals surface area contributed by atoms with Gasteiger partial charge in [0.2, 0.25) is 5.91 Å². The van der Waals surface area contributed by atoms with Crippen LogP contribution in [0, 0.1) is 0 Å². The summed E-state index contributed by atoms with van der Waals surface area (Å²) in [5, 5.41) is 55.1. The number of rotatable bonds is 37. The van der Waals surface area contributed by atoms with E-state index in [1.54, 1.807) is 6.08 Å². The lowest BCUT2D eigenvalue weighted by Gasteiger charge is -2.41. The van der Waals surface area contributed by atoms with Crippen LogP contribution in [0.25, 0.3) is 0 Å². The van der Waals surface area contributed by atoms with E-state index in [0.717, 1.165) is 70.6 Å². The Morgan fingerprint density at radius 1 is 0.678 bits per heavy atom. The molecule has 0 bridgehead atoms. The first-order valence-electron chi connectivity index (χ1n) is 22.6. The molecule has 1 amide bonds. The minimum atomic E-state index is -5.12. The SMILES string of the molecule is CCCCCC/C=C\CCCCCCCCC(O)C(=O)NC(COC1OC(CO)C(O)C(OS(=O)(=O)O)C1O)C(O)/C=C/CC/C=C/CC/C=C/CCCCCCCC. The Morgan fingerprint density at radius 3 is 1.64 bits per heavy atom. The Morgan fingerprint density at radius 2 is 1.14 bits per heavy atom. The summed E-state index contributed by atoms with van der Waals surface area (Å²) >= 11 is 0. The Labute approximate surface area is 356 Å². The molecule has 59 heavy (non-hydrogen) atoms. The van der Waals surface area contributed by atoms with Gasteiger partial charge in [-0.05, 0) is 70.6 Å². The standard InChI is InChI=1S/C45H81NO12S/c1-3-5-7-9-11-13-15-17-19-20-22-23-25-27-29-31-33-38(48)37(36-56-45-42(51)43(58-59(53,54)55)41(50)40(35-47)57-45)46-44(52)39(49)34-32-30-28-26-24-21-18-16-14-12-10-8-6-4-2/h14,16-17,19,23,25,31,33,37-43,45,47-51H,3-13,15,18,20-22,24,26-30,32,34-36H2,1-2H3,(H,46,52)(H,53,54,55)/b16-14-,19-17+,25-23+,33-31+. The zero-order chi connectivity index (χ0) is 43.6. The van der Waals surface area contributed by atoms with Crippen LogP contribution in [0.1, 0.15) is 168 Å². The number of nitrogens with one attached hydrogen (secondary N) is 1. The highest BCUT2D eigenvalue weighted by molar-refractivity contribution is 7.80. The normalized spacial score (nSPS) is 21.9. The second-order valence-electron chi connectivity index (χ2n) is 15.8. The van der Waals surface area contributed by atoms with Gasteiger partial charge >= 0.3 is 10.4 Å². The third-order valence-electron chi connectivity index (χ3n) is 10.4. The molecule has 0 aromatic heterocycles. The van der Waals surface area contributed by atoms with Crippen LogP contribution in [0.15, 0.2) is 48.6 Å². The molecule has 0 aromatic rings. The van der Waals surface area contributed by atoms with Crippen LogP contribution in [0.3, 0.4) is 0 Å². The number of hydrogen-bond acceptors (Lipinski definition) is 11. The molecule has 1 aliphatic rings. The molecule has 1 fully saturated rings. The molecule has 344 valence electrons. The fraction of sp³-hybridized carbons (Fsp3) is 0.800. The monoisotopic (exact) mass is 860 g/mol. The van der Waals surface area contributed by atoms with E-state index in [4.69, 9.17) is 14.0 Å². The molecule has 0 radical (unpaired) electrons.